The lowest BCUT2D eigenvalue weighted by Gasteiger charge is -2.17. The average molecular weight is 283 g/mol. The third kappa shape index (κ3) is 2.20. The molecular weight excluding hydrogens is 270 g/mol. The largest absolute Gasteiger partial charge is 0.476 e. The maximum Gasteiger partial charge on any atom is 0.356 e. The van der Waals surface area contributed by atoms with Gasteiger partial charge in [-0.25, -0.2) is 9.78 Å². The SMILES string of the molecule is C=C1c2ccccc2C(=O)N1CCn1cnc(C(=O)O)c1. The van der Waals surface area contributed by atoms with Crippen LogP contribution in [0.2, 0.25) is 0 Å². The Balaban J connectivity index is 1.73. The van der Waals surface area contributed by atoms with E-state index < -0.39 is 5.97 Å². The van der Waals surface area contributed by atoms with Gasteiger partial charge in [0.2, 0.25) is 0 Å². The highest BCUT2D eigenvalue weighted by Crippen LogP contribution is 2.30. The normalized spacial score (nSPS) is 13.6. The summed E-state index contributed by atoms with van der Waals surface area (Å²) in [5.41, 5.74) is 2.16. The molecule has 21 heavy (non-hydrogen) atoms. The summed E-state index contributed by atoms with van der Waals surface area (Å²) in [5, 5.41) is 8.83. The number of imidazole rings is 1. The Kier molecular flexibility index (Phi) is 3.06. The van der Waals surface area contributed by atoms with Crippen molar-refractivity contribution in [2.75, 3.05) is 6.54 Å². The van der Waals surface area contributed by atoms with E-state index >= 15 is 0 Å². The summed E-state index contributed by atoms with van der Waals surface area (Å²) in [5.74, 6) is -1.14. The third-order valence-electron chi connectivity index (χ3n) is 3.47. The summed E-state index contributed by atoms with van der Waals surface area (Å²) in [6.45, 7) is 4.83. The average Bonchev–Trinajstić information content (AvgIpc) is 3.03. The minimum Gasteiger partial charge on any atom is -0.476 e. The van der Waals surface area contributed by atoms with Crippen LogP contribution in [0.3, 0.4) is 0 Å². The van der Waals surface area contributed by atoms with Crippen molar-refractivity contribution in [3.8, 4) is 0 Å². The van der Waals surface area contributed by atoms with Crippen molar-refractivity contribution in [1.29, 1.82) is 0 Å². The highest BCUT2D eigenvalue weighted by Gasteiger charge is 2.30. The van der Waals surface area contributed by atoms with Crippen LogP contribution in [0, 0.1) is 0 Å². The van der Waals surface area contributed by atoms with Crippen molar-refractivity contribution in [3.63, 3.8) is 0 Å². The molecular formula is C15H13N3O3. The van der Waals surface area contributed by atoms with Gasteiger partial charge in [-0.3, -0.25) is 4.79 Å². The smallest absolute Gasteiger partial charge is 0.356 e. The van der Waals surface area contributed by atoms with Crippen LogP contribution in [0.1, 0.15) is 26.4 Å². The molecule has 0 saturated heterocycles. The molecule has 0 fully saturated rings. The van der Waals surface area contributed by atoms with Gasteiger partial charge in [0, 0.05) is 36.1 Å². The Hall–Kier alpha value is -2.89. The van der Waals surface area contributed by atoms with E-state index in [0.29, 0.717) is 24.4 Å². The fourth-order valence-electron chi connectivity index (χ4n) is 2.38. The fourth-order valence-corrected chi connectivity index (χ4v) is 2.38. The number of hydrogen-bond acceptors (Lipinski definition) is 3. The van der Waals surface area contributed by atoms with Crippen molar-refractivity contribution < 1.29 is 14.7 Å². The second-order valence-electron chi connectivity index (χ2n) is 4.75. The van der Waals surface area contributed by atoms with Gasteiger partial charge in [-0.15, -0.1) is 0 Å². The number of nitrogens with zero attached hydrogens (tertiary/aromatic N) is 3. The summed E-state index contributed by atoms with van der Waals surface area (Å²) >= 11 is 0. The molecule has 1 amide bonds. The quantitative estimate of drug-likeness (QED) is 0.926. The lowest BCUT2D eigenvalue weighted by atomic mass is 10.1. The number of carbonyl (C=O) groups is 2. The monoisotopic (exact) mass is 283 g/mol. The standard InChI is InChI=1S/C15H13N3O3/c1-10-11-4-2-3-5-12(11)14(19)18(10)7-6-17-8-13(15(20)21)16-9-17/h2-5,8-9H,1,6-7H2,(H,20,21). The second-order valence-corrected chi connectivity index (χ2v) is 4.75. The zero-order chi connectivity index (χ0) is 15.0. The number of hydrogen-bond donors (Lipinski definition) is 1. The van der Waals surface area contributed by atoms with Crippen LogP contribution in [0.25, 0.3) is 5.70 Å². The molecule has 1 N–H and O–H groups in total. The molecule has 0 spiro atoms. The number of rotatable bonds is 4. The van der Waals surface area contributed by atoms with Crippen molar-refractivity contribution in [2.24, 2.45) is 0 Å². The van der Waals surface area contributed by atoms with Crippen LogP contribution in [-0.4, -0.2) is 38.0 Å². The van der Waals surface area contributed by atoms with Crippen LogP contribution in [-0.2, 0) is 6.54 Å². The molecule has 0 saturated carbocycles. The van der Waals surface area contributed by atoms with Gasteiger partial charge < -0.3 is 14.6 Å². The fraction of sp³-hybridized carbons (Fsp3) is 0.133. The van der Waals surface area contributed by atoms with E-state index in [9.17, 15) is 9.59 Å². The van der Waals surface area contributed by atoms with Gasteiger partial charge in [-0.2, -0.15) is 0 Å². The molecule has 2 heterocycles. The number of benzene rings is 1. The summed E-state index contributed by atoms with van der Waals surface area (Å²) in [6, 6.07) is 7.34. The number of carboxylic acid groups (broad SMARTS) is 1. The van der Waals surface area contributed by atoms with E-state index in [4.69, 9.17) is 5.11 Å². The predicted molar refractivity (Wildman–Crippen MR) is 75.7 cm³/mol. The van der Waals surface area contributed by atoms with Crippen molar-refractivity contribution in [1.82, 2.24) is 14.5 Å². The Morgan fingerprint density at radius 2 is 1.95 bits per heavy atom. The molecule has 6 nitrogen and oxygen atoms in total. The molecule has 1 aliphatic rings. The van der Waals surface area contributed by atoms with Crippen LogP contribution < -0.4 is 0 Å². The Bertz CT molecular complexity index is 713. The van der Waals surface area contributed by atoms with Crippen LogP contribution in [0.4, 0.5) is 0 Å². The highest BCUT2D eigenvalue weighted by molar-refractivity contribution is 6.08. The van der Waals surface area contributed by atoms with Gasteiger partial charge in [-0.1, -0.05) is 24.8 Å². The number of carbonyl (C=O) groups excluding carboxylic acids is 1. The lowest BCUT2D eigenvalue weighted by Crippen LogP contribution is -2.26. The minimum absolute atomic E-state index is 0.00939. The molecule has 1 aromatic heterocycles. The van der Waals surface area contributed by atoms with Crippen LogP contribution in [0.5, 0.6) is 0 Å². The number of aromatic carboxylic acids is 1. The predicted octanol–water partition coefficient (Wildman–Crippen LogP) is 1.71. The zero-order valence-corrected chi connectivity index (χ0v) is 11.2. The Labute approximate surface area is 120 Å². The Morgan fingerprint density at radius 1 is 1.24 bits per heavy atom. The van der Waals surface area contributed by atoms with Crippen molar-refractivity contribution >= 4 is 17.6 Å². The molecule has 3 rings (SSSR count). The van der Waals surface area contributed by atoms with Gasteiger partial charge in [0.1, 0.15) is 0 Å². The summed E-state index contributed by atoms with van der Waals surface area (Å²) in [4.78, 5) is 28.4. The first kappa shape index (κ1) is 13.1. The number of amides is 1. The molecule has 1 aromatic carbocycles. The summed E-state index contributed by atoms with van der Waals surface area (Å²) < 4.78 is 1.65. The molecule has 0 bridgehead atoms. The molecule has 1 aliphatic heterocycles. The van der Waals surface area contributed by atoms with E-state index in [1.807, 2.05) is 18.2 Å². The maximum atomic E-state index is 12.3. The number of aromatic nitrogens is 2. The summed E-state index contributed by atoms with van der Waals surface area (Å²) in [7, 11) is 0. The first-order valence-corrected chi connectivity index (χ1v) is 6.43. The molecule has 0 radical (unpaired) electrons. The Morgan fingerprint density at radius 3 is 2.57 bits per heavy atom. The number of carboxylic acids is 1. The molecule has 6 heteroatoms. The molecule has 106 valence electrons. The van der Waals surface area contributed by atoms with Gasteiger partial charge in [0.05, 0.1) is 6.33 Å². The third-order valence-corrected chi connectivity index (χ3v) is 3.47. The highest BCUT2D eigenvalue weighted by atomic mass is 16.4. The molecule has 0 atom stereocenters. The molecule has 0 unspecified atom stereocenters. The van der Waals surface area contributed by atoms with E-state index in [2.05, 4.69) is 11.6 Å². The van der Waals surface area contributed by atoms with E-state index in [0.717, 1.165) is 5.56 Å². The first-order chi connectivity index (χ1) is 10.1. The van der Waals surface area contributed by atoms with E-state index in [1.54, 1.807) is 15.5 Å². The van der Waals surface area contributed by atoms with Gasteiger partial charge in [0.25, 0.3) is 5.91 Å². The summed E-state index contributed by atoms with van der Waals surface area (Å²) in [6.07, 6.45) is 2.89. The molecule has 2 aromatic rings. The molecule has 0 aliphatic carbocycles. The lowest BCUT2D eigenvalue weighted by molar-refractivity contribution is 0.0690. The first-order valence-electron chi connectivity index (χ1n) is 6.43. The van der Waals surface area contributed by atoms with Crippen molar-refractivity contribution in [2.45, 2.75) is 6.54 Å². The van der Waals surface area contributed by atoms with Crippen LogP contribution >= 0.6 is 0 Å². The zero-order valence-electron chi connectivity index (χ0n) is 11.2. The van der Waals surface area contributed by atoms with Gasteiger partial charge >= 0.3 is 5.97 Å². The van der Waals surface area contributed by atoms with Crippen molar-refractivity contribution in [3.05, 3.63) is 60.2 Å². The second kappa shape index (κ2) is 4.90. The van der Waals surface area contributed by atoms with Gasteiger partial charge in [-0.05, 0) is 6.07 Å². The maximum absolute atomic E-state index is 12.3. The van der Waals surface area contributed by atoms with Crippen LogP contribution in [0.15, 0.2) is 43.4 Å². The minimum atomic E-state index is -1.07. The van der Waals surface area contributed by atoms with E-state index in [-0.39, 0.29) is 11.6 Å². The van der Waals surface area contributed by atoms with Gasteiger partial charge in [0.15, 0.2) is 5.69 Å². The number of fused-ring (bicyclic) bond motifs is 1. The topological polar surface area (TPSA) is 75.4 Å². The van der Waals surface area contributed by atoms with E-state index in [1.165, 1.54) is 12.5 Å².